The normalized spacial score (nSPS) is 11.3. The maximum absolute atomic E-state index is 11.2. The molecule has 0 aliphatic carbocycles. The van der Waals surface area contributed by atoms with Gasteiger partial charge in [0.15, 0.2) is 0 Å². The third-order valence-electron chi connectivity index (χ3n) is 2.05. The van der Waals surface area contributed by atoms with E-state index in [1.165, 1.54) is 19.3 Å². The number of rotatable bonds is 8. The fourth-order valence-corrected chi connectivity index (χ4v) is 1.18. The van der Waals surface area contributed by atoms with Gasteiger partial charge >= 0.3 is 0 Å². The van der Waals surface area contributed by atoms with Crippen LogP contribution in [0.15, 0.2) is 17.3 Å². The minimum absolute atomic E-state index is 0.00671. The molecule has 0 atom stereocenters. The van der Waals surface area contributed by atoms with Gasteiger partial charge in [0.2, 0.25) is 5.91 Å². The van der Waals surface area contributed by atoms with Crippen LogP contribution in [0.2, 0.25) is 0 Å². The van der Waals surface area contributed by atoms with Crippen LogP contribution in [-0.2, 0) is 4.79 Å². The molecule has 1 N–H and O–H groups in total. The van der Waals surface area contributed by atoms with Crippen molar-refractivity contribution in [2.24, 2.45) is 5.10 Å². The van der Waals surface area contributed by atoms with Crippen molar-refractivity contribution in [2.45, 2.75) is 52.4 Å². The second-order valence-electron chi connectivity index (χ2n) is 3.50. The summed E-state index contributed by atoms with van der Waals surface area (Å²) in [7, 11) is 0. The molecule has 86 valence electrons. The zero-order chi connectivity index (χ0) is 11.4. The predicted octanol–water partition coefficient (Wildman–Crippen LogP) is 3.03. The standard InChI is InChI=1S/C12H22N2O/c1-3-5-7-8-9-10-12(15)14-13-11-6-4-2/h4,6,11H,3,5,7-10H2,1-2H3,(H,14,15)/b6-4+,13-11+. The lowest BCUT2D eigenvalue weighted by molar-refractivity contribution is -0.121. The SMILES string of the molecule is C/C=C/C=N/NC(=O)CCCCCCC. The predicted molar refractivity (Wildman–Crippen MR) is 64.8 cm³/mol. The van der Waals surface area contributed by atoms with Crippen molar-refractivity contribution >= 4 is 12.1 Å². The van der Waals surface area contributed by atoms with Crippen LogP contribution >= 0.6 is 0 Å². The highest BCUT2D eigenvalue weighted by atomic mass is 16.2. The number of carbonyl (C=O) groups is 1. The Bertz CT molecular complexity index is 210. The molecule has 3 nitrogen and oxygen atoms in total. The van der Waals surface area contributed by atoms with E-state index in [9.17, 15) is 4.79 Å². The maximum Gasteiger partial charge on any atom is 0.240 e. The summed E-state index contributed by atoms with van der Waals surface area (Å²) in [6.45, 7) is 4.09. The van der Waals surface area contributed by atoms with Crippen molar-refractivity contribution in [1.82, 2.24) is 5.43 Å². The van der Waals surface area contributed by atoms with Gasteiger partial charge in [0.25, 0.3) is 0 Å². The van der Waals surface area contributed by atoms with E-state index >= 15 is 0 Å². The average Bonchev–Trinajstić information content (AvgIpc) is 2.24. The quantitative estimate of drug-likeness (QED) is 0.373. The summed E-state index contributed by atoms with van der Waals surface area (Å²) in [5.74, 6) is 0.00671. The Balaban J connectivity index is 3.33. The molecule has 0 radical (unpaired) electrons. The van der Waals surface area contributed by atoms with Crippen LogP contribution in [0.1, 0.15) is 52.4 Å². The summed E-state index contributed by atoms with van der Waals surface area (Å²) in [5, 5.41) is 3.76. The van der Waals surface area contributed by atoms with Gasteiger partial charge in [-0.05, 0) is 19.4 Å². The fraction of sp³-hybridized carbons (Fsp3) is 0.667. The zero-order valence-corrected chi connectivity index (χ0v) is 9.83. The molecule has 15 heavy (non-hydrogen) atoms. The summed E-state index contributed by atoms with van der Waals surface area (Å²) in [4.78, 5) is 11.2. The highest BCUT2D eigenvalue weighted by Crippen LogP contribution is 2.04. The minimum Gasteiger partial charge on any atom is -0.273 e. The van der Waals surface area contributed by atoms with Gasteiger partial charge in [-0.15, -0.1) is 0 Å². The minimum atomic E-state index is 0.00671. The van der Waals surface area contributed by atoms with E-state index < -0.39 is 0 Å². The first kappa shape index (κ1) is 13.9. The lowest BCUT2D eigenvalue weighted by Gasteiger charge is -1.99. The second kappa shape index (κ2) is 11.0. The van der Waals surface area contributed by atoms with Crippen molar-refractivity contribution in [3.05, 3.63) is 12.2 Å². The van der Waals surface area contributed by atoms with E-state index in [2.05, 4.69) is 17.5 Å². The van der Waals surface area contributed by atoms with Gasteiger partial charge in [0.1, 0.15) is 0 Å². The van der Waals surface area contributed by atoms with E-state index in [0.29, 0.717) is 6.42 Å². The highest BCUT2D eigenvalue weighted by Gasteiger charge is 1.97. The number of hydrogen-bond acceptors (Lipinski definition) is 2. The Morgan fingerprint density at radius 2 is 2.00 bits per heavy atom. The number of hydrazone groups is 1. The van der Waals surface area contributed by atoms with Gasteiger partial charge in [-0.3, -0.25) is 4.79 Å². The van der Waals surface area contributed by atoms with Crippen molar-refractivity contribution in [3.63, 3.8) is 0 Å². The molecule has 0 bridgehead atoms. The molecule has 0 saturated carbocycles. The van der Waals surface area contributed by atoms with Gasteiger partial charge < -0.3 is 0 Å². The van der Waals surface area contributed by atoms with Crippen LogP contribution in [0.5, 0.6) is 0 Å². The Labute approximate surface area is 92.6 Å². The molecule has 0 aliphatic heterocycles. The van der Waals surface area contributed by atoms with Crippen molar-refractivity contribution in [2.75, 3.05) is 0 Å². The van der Waals surface area contributed by atoms with Crippen molar-refractivity contribution < 1.29 is 4.79 Å². The van der Waals surface area contributed by atoms with E-state index in [4.69, 9.17) is 0 Å². The second-order valence-corrected chi connectivity index (χ2v) is 3.50. The summed E-state index contributed by atoms with van der Waals surface area (Å²) in [6.07, 6.45) is 11.6. The number of carbonyl (C=O) groups excluding carboxylic acids is 1. The van der Waals surface area contributed by atoms with Crippen molar-refractivity contribution in [1.29, 1.82) is 0 Å². The van der Waals surface area contributed by atoms with E-state index in [1.807, 2.05) is 13.0 Å². The van der Waals surface area contributed by atoms with Crippen LogP contribution in [0.4, 0.5) is 0 Å². The number of amides is 1. The number of unbranched alkanes of at least 4 members (excludes halogenated alkanes) is 4. The highest BCUT2D eigenvalue weighted by molar-refractivity contribution is 5.78. The Morgan fingerprint density at radius 3 is 2.67 bits per heavy atom. The maximum atomic E-state index is 11.2. The monoisotopic (exact) mass is 210 g/mol. The van der Waals surface area contributed by atoms with Crippen LogP contribution in [0.3, 0.4) is 0 Å². The summed E-state index contributed by atoms with van der Waals surface area (Å²) in [5.41, 5.74) is 2.49. The third kappa shape index (κ3) is 10.8. The summed E-state index contributed by atoms with van der Waals surface area (Å²) < 4.78 is 0. The lowest BCUT2D eigenvalue weighted by atomic mass is 10.1. The molecule has 0 rings (SSSR count). The van der Waals surface area contributed by atoms with Gasteiger partial charge in [0.05, 0.1) is 0 Å². The fourth-order valence-electron chi connectivity index (χ4n) is 1.18. The van der Waals surface area contributed by atoms with Crippen LogP contribution in [-0.4, -0.2) is 12.1 Å². The molecule has 0 spiro atoms. The molecule has 0 heterocycles. The first-order chi connectivity index (χ1) is 7.31. The molecule has 0 aromatic carbocycles. The first-order valence-electron chi connectivity index (χ1n) is 5.74. The zero-order valence-electron chi connectivity index (χ0n) is 9.83. The molecule has 0 saturated heterocycles. The number of hydrogen-bond donors (Lipinski definition) is 1. The van der Waals surface area contributed by atoms with Crippen LogP contribution < -0.4 is 5.43 Å². The molecule has 0 aromatic rings. The molecule has 0 aromatic heterocycles. The summed E-state index contributed by atoms with van der Waals surface area (Å²) in [6, 6.07) is 0. The van der Waals surface area contributed by atoms with Crippen LogP contribution in [0.25, 0.3) is 0 Å². The van der Waals surface area contributed by atoms with Gasteiger partial charge in [-0.1, -0.05) is 38.7 Å². The van der Waals surface area contributed by atoms with Gasteiger partial charge in [-0.25, -0.2) is 5.43 Å². The van der Waals surface area contributed by atoms with E-state index in [1.54, 1.807) is 12.3 Å². The average molecular weight is 210 g/mol. The molecule has 0 unspecified atom stereocenters. The lowest BCUT2D eigenvalue weighted by Crippen LogP contribution is -2.16. The molecular formula is C12H22N2O. The molecular weight excluding hydrogens is 188 g/mol. The van der Waals surface area contributed by atoms with E-state index in [0.717, 1.165) is 12.8 Å². The topological polar surface area (TPSA) is 41.5 Å². The third-order valence-corrected chi connectivity index (χ3v) is 2.05. The van der Waals surface area contributed by atoms with Gasteiger partial charge in [0, 0.05) is 12.6 Å². The molecule has 1 amide bonds. The Hall–Kier alpha value is -1.12. The number of nitrogens with zero attached hydrogens (tertiary/aromatic N) is 1. The largest absolute Gasteiger partial charge is 0.273 e. The molecule has 3 heteroatoms. The molecule has 0 fully saturated rings. The van der Waals surface area contributed by atoms with Crippen molar-refractivity contribution in [3.8, 4) is 0 Å². The van der Waals surface area contributed by atoms with Crippen LogP contribution in [0, 0.1) is 0 Å². The van der Waals surface area contributed by atoms with Gasteiger partial charge in [-0.2, -0.15) is 5.10 Å². The Morgan fingerprint density at radius 1 is 1.27 bits per heavy atom. The number of nitrogens with one attached hydrogen (secondary N) is 1. The van der Waals surface area contributed by atoms with E-state index in [-0.39, 0.29) is 5.91 Å². The summed E-state index contributed by atoms with van der Waals surface area (Å²) >= 11 is 0. The first-order valence-corrected chi connectivity index (χ1v) is 5.74. The molecule has 0 aliphatic rings. The number of allylic oxidation sites excluding steroid dienone is 2. The smallest absolute Gasteiger partial charge is 0.240 e. The Kier molecular flexibility index (Phi) is 10.1.